The third-order valence-corrected chi connectivity index (χ3v) is 6.24. The van der Waals surface area contributed by atoms with Crippen molar-refractivity contribution < 1.29 is 19.1 Å². The summed E-state index contributed by atoms with van der Waals surface area (Å²) in [5.74, 6) is 1.65. The van der Waals surface area contributed by atoms with Gasteiger partial charge in [0, 0.05) is 12.0 Å². The number of aromatic nitrogens is 1. The normalized spacial score (nSPS) is 15.6. The van der Waals surface area contributed by atoms with Crippen LogP contribution in [0.2, 0.25) is 0 Å². The van der Waals surface area contributed by atoms with Crippen LogP contribution in [0.4, 0.5) is 0 Å². The van der Waals surface area contributed by atoms with Gasteiger partial charge in [0.1, 0.15) is 11.5 Å². The first-order chi connectivity index (χ1) is 15.2. The van der Waals surface area contributed by atoms with Gasteiger partial charge >= 0.3 is 5.97 Å². The molecule has 0 radical (unpaired) electrons. The monoisotopic (exact) mass is 433 g/mol. The SMILES string of the molecule is Cc1oc(-c2ccc(C(C)(C)C)cc2)nc1CCOc1ccc2c(c1)CCC2CC(=O)O. The van der Waals surface area contributed by atoms with Crippen molar-refractivity contribution in [2.45, 2.75) is 64.7 Å². The molecule has 4 rings (SSSR count). The van der Waals surface area contributed by atoms with Crippen molar-refractivity contribution >= 4 is 5.97 Å². The fourth-order valence-corrected chi connectivity index (χ4v) is 4.36. The van der Waals surface area contributed by atoms with Crippen LogP contribution in [0.15, 0.2) is 46.9 Å². The fourth-order valence-electron chi connectivity index (χ4n) is 4.36. The average molecular weight is 434 g/mol. The van der Waals surface area contributed by atoms with Crippen LogP contribution < -0.4 is 4.74 Å². The summed E-state index contributed by atoms with van der Waals surface area (Å²) < 4.78 is 11.9. The minimum atomic E-state index is -0.740. The van der Waals surface area contributed by atoms with Crippen LogP contribution in [0.1, 0.15) is 67.7 Å². The van der Waals surface area contributed by atoms with Crippen molar-refractivity contribution in [1.82, 2.24) is 4.98 Å². The smallest absolute Gasteiger partial charge is 0.303 e. The molecule has 0 amide bonds. The Morgan fingerprint density at radius 1 is 1.19 bits per heavy atom. The highest BCUT2D eigenvalue weighted by molar-refractivity contribution is 5.68. The Morgan fingerprint density at radius 2 is 1.94 bits per heavy atom. The number of carboxylic acids is 1. The molecule has 0 spiro atoms. The van der Waals surface area contributed by atoms with Gasteiger partial charge in [-0.2, -0.15) is 0 Å². The van der Waals surface area contributed by atoms with Crippen LogP contribution in [0.25, 0.3) is 11.5 Å². The van der Waals surface area contributed by atoms with Crippen LogP contribution in [-0.2, 0) is 23.1 Å². The van der Waals surface area contributed by atoms with Crippen LogP contribution >= 0.6 is 0 Å². The molecule has 3 aromatic rings. The number of hydrogen-bond donors (Lipinski definition) is 1. The topological polar surface area (TPSA) is 72.6 Å². The summed E-state index contributed by atoms with van der Waals surface area (Å²) in [6.45, 7) is 9.04. The van der Waals surface area contributed by atoms with E-state index in [9.17, 15) is 4.79 Å². The molecule has 1 aliphatic carbocycles. The van der Waals surface area contributed by atoms with Crippen LogP contribution in [-0.4, -0.2) is 22.7 Å². The molecule has 0 fully saturated rings. The summed E-state index contributed by atoms with van der Waals surface area (Å²) in [5, 5.41) is 9.08. The zero-order valence-corrected chi connectivity index (χ0v) is 19.3. The van der Waals surface area contributed by atoms with Gasteiger partial charge in [-0.1, -0.05) is 39.0 Å². The van der Waals surface area contributed by atoms with Crippen molar-refractivity contribution in [3.8, 4) is 17.2 Å². The first-order valence-electron chi connectivity index (χ1n) is 11.3. The fraction of sp³-hybridized carbons (Fsp3) is 0.407. The second kappa shape index (κ2) is 8.81. The molecular weight excluding hydrogens is 402 g/mol. The second-order valence-electron chi connectivity index (χ2n) is 9.64. The van der Waals surface area contributed by atoms with Crippen LogP contribution in [0.5, 0.6) is 5.75 Å². The van der Waals surface area contributed by atoms with Gasteiger partial charge in [-0.3, -0.25) is 4.79 Å². The molecule has 1 N–H and O–H groups in total. The van der Waals surface area contributed by atoms with Gasteiger partial charge in [-0.25, -0.2) is 4.98 Å². The van der Waals surface area contributed by atoms with E-state index < -0.39 is 5.97 Å². The van der Waals surface area contributed by atoms with E-state index >= 15 is 0 Å². The highest BCUT2D eigenvalue weighted by Gasteiger charge is 2.25. The molecular formula is C27H31NO4. The lowest BCUT2D eigenvalue weighted by Gasteiger charge is -2.18. The molecule has 168 valence electrons. The largest absolute Gasteiger partial charge is 0.493 e. The molecule has 5 nitrogen and oxygen atoms in total. The Hall–Kier alpha value is -3.08. The molecule has 32 heavy (non-hydrogen) atoms. The molecule has 0 aliphatic heterocycles. The lowest BCUT2D eigenvalue weighted by atomic mass is 9.87. The van der Waals surface area contributed by atoms with Crippen LogP contribution in [0, 0.1) is 6.92 Å². The number of fused-ring (bicyclic) bond motifs is 1. The summed E-state index contributed by atoms with van der Waals surface area (Å²) in [6, 6.07) is 14.4. The maximum Gasteiger partial charge on any atom is 0.303 e. The number of aliphatic carboxylic acids is 1. The molecule has 0 saturated heterocycles. The molecule has 1 aliphatic rings. The predicted molar refractivity (Wildman–Crippen MR) is 124 cm³/mol. The van der Waals surface area contributed by atoms with Crippen molar-refractivity contribution in [2.24, 2.45) is 0 Å². The summed E-state index contributed by atoms with van der Waals surface area (Å²) in [6.07, 6.45) is 2.65. The van der Waals surface area contributed by atoms with Gasteiger partial charge < -0.3 is 14.3 Å². The van der Waals surface area contributed by atoms with Crippen molar-refractivity contribution in [3.05, 3.63) is 70.6 Å². The van der Waals surface area contributed by atoms with Gasteiger partial charge in [0.25, 0.3) is 0 Å². The number of ether oxygens (including phenoxy) is 1. The molecule has 1 atom stereocenters. The Bertz CT molecular complexity index is 1110. The van der Waals surface area contributed by atoms with Gasteiger partial charge in [-0.05, 0) is 72.1 Å². The van der Waals surface area contributed by atoms with Crippen molar-refractivity contribution in [3.63, 3.8) is 0 Å². The van der Waals surface area contributed by atoms with E-state index in [0.29, 0.717) is 18.9 Å². The molecule has 1 heterocycles. The highest BCUT2D eigenvalue weighted by atomic mass is 16.5. The number of nitrogens with zero attached hydrogens (tertiary/aromatic N) is 1. The molecule has 1 unspecified atom stereocenters. The summed E-state index contributed by atoms with van der Waals surface area (Å²) in [5.41, 5.74) is 5.62. The quantitative estimate of drug-likeness (QED) is 0.489. The Balaban J connectivity index is 1.37. The first-order valence-corrected chi connectivity index (χ1v) is 11.3. The number of rotatable bonds is 7. The minimum absolute atomic E-state index is 0.113. The lowest BCUT2D eigenvalue weighted by molar-refractivity contribution is -0.137. The molecule has 1 aromatic heterocycles. The number of carboxylic acid groups (broad SMARTS) is 1. The number of oxazole rings is 1. The van der Waals surface area contributed by atoms with E-state index in [-0.39, 0.29) is 17.8 Å². The van der Waals surface area contributed by atoms with Gasteiger partial charge in [0.2, 0.25) is 5.89 Å². The molecule has 0 bridgehead atoms. The van der Waals surface area contributed by atoms with Crippen LogP contribution in [0.3, 0.4) is 0 Å². The Morgan fingerprint density at radius 3 is 2.62 bits per heavy atom. The summed E-state index contributed by atoms with van der Waals surface area (Å²) >= 11 is 0. The van der Waals surface area contributed by atoms with E-state index in [1.165, 1.54) is 11.1 Å². The summed E-state index contributed by atoms with van der Waals surface area (Å²) in [4.78, 5) is 15.7. The van der Waals surface area contributed by atoms with Crippen molar-refractivity contribution in [2.75, 3.05) is 6.61 Å². The van der Waals surface area contributed by atoms with Crippen molar-refractivity contribution in [1.29, 1.82) is 0 Å². The summed E-state index contributed by atoms with van der Waals surface area (Å²) in [7, 11) is 0. The lowest BCUT2D eigenvalue weighted by Crippen LogP contribution is -2.10. The standard InChI is InChI=1S/C27H31NO4/c1-17-24(28-26(32-17)18-7-9-21(10-8-18)27(2,3)4)13-14-31-22-11-12-23-19(15-22)5-6-20(23)16-25(29)30/h7-12,15,20H,5-6,13-14,16H2,1-4H3,(H,29,30). The Labute approximate surface area is 189 Å². The number of carbonyl (C=O) groups is 1. The van der Waals surface area contributed by atoms with Gasteiger partial charge in [0.05, 0.1) is 18.7 Å². The Kier molecular flexibility index (Phi) is 6.09. The van der Waals surface area contributed by atoms with E-state index in [4.69, 9.17) is 19.2 Å². The second-order valence-corrected chi connectivity index (χ2v) is 9.64. The van der Waals surface area contributed by atoms with Gasteiger partial charge in [0.15, 0.2) is 0 Å². The first kappa shape index (κ1) is 22.1. The van der Waals surface area contributed by atoms with E-state index in [1.54, 1.807) is 0 Å². The minimum Gasteiger partial charge on any atom is -0.493 e. The molecule has 5 heteroatoms. The van der Waals surface area contributed by atoms with Gasteiger partial charge in [-0.15, -0.1) is 0 Å². The zero-order chi connectivity index (χ0) is 22.9. The maximum atomic E-state index is 11.0. The third-order valence-electron chi connectivity index (χ3n) is 6.24. The van der Waals surface area contributed by atoms with E-state index in [2.05, 4.69) is 51.1 Å². The predicted octanol–water partition coefficient (Wildman–Crippen LogP) is 6.07. The highest BCUT2D eigenvalue weighted by Crippen LogP contribution is 2.37. The number of hydrogen-bond acceptors (Lipinski definition) is 4. The average Bonchev–Trinajstić information content (AvgIpc) is 3.30. The molecule has 0 saturated carbocycles. The number of benzene rings is 2. The zero-order valence-electron chi connectivity index (χ0n) is 19.3. The molecule has 2 aromatic carbocycles. The van der Waals surface area contributed by atoms with E-state index in [0.717, 1.165) is 41.2 Å². The number of aryl methyl sites for hydroxylation is 2. The van der Waals surface area contributed by atoms with E-state index in [1.807, 2.05) is 19.1 Å². The maximum absolute atomic E-state index is 11.0. The third kappa shape index (κ3) is 4.87.